The van der Waals surface area contributed by atoms with Crippen LogP contribution in [-0.2, 0) is 11.3 Å². The van der Waals surface area contributed by atoms with Crippen LogP contribution in [-0.4, -0.2) is 48.3 Å². The van der Waals surface area contributed by atoms with Gasteiger partial charge >= 0.3 is 6.09 Å². The maximum atomic E-state index is 12.5. The van der Waals surface area contributed by atoms with Crippen molar-refractivity contribution in [2.24, 2.45) is 5.41 Å². The fourth-order valence-electron chi connectivity index (χ4n) is 4.77. The van der Waals surface area contributed by atoms with Gasteiger partial charge in [-0.05, 0) is 36.8 Å². The Labute approximate surface area is 195 Å². The second kappa shape index (κ2) is 8.59. The number of ether oxygens (including phenoxy) is 2. The van der Waals surface area contributed by atoms with Crippen molar-refractivity contribution < 1.29 is 23.6 Å². The number of hydrogen-bond acceptors (Lipinski definition) is 6. The molecule has 33 heavy (non-hydrogen) atoms. The summed E-state index contributed by atoms with van der Waals surface area (Å²) in [5.74, 6) is 0.807. The molecular weight excluding hydrogens is 446 g/mol. The minimum atomic E-state index is -0.391. The van der Waals surface area contributed by atoms with E-state index >= 15 is 0 Å². The van der Waals surface area contributed by atoms with Gasteiger partial charge in [-0.25, -0.2) is 4.79 Å². The Morgan fingerprint density at radius 2 is 2.03 bits per heavy atom. The molecule has 2 amide bonds. The lowest BCUT2D eigenvalue weighted by Gasteiger charge is -2.44. The van der Waals surface area contributed by atoms with E-state index in [4.69, 9.17) is 25.6 Å². The van der Waals surface area contributed by atoms with E-state index in [9.17, 15) is 9.59 Å². The number of likely N-dealkylation sites (tertiary alicyclic amines) is 1. The van der Waals surface area contributed by atoms with Crippen LogP contribution in [0, 0.1) is 5.41 Å². The molecule has 0 radical (unpaired) electrons. The van der Waals surface area contributed by atoms with Crippen molar-refractivity contribution in [1.82, 2.24) is 15.4 Å². The molecule has 1 N–H and O–H groups in total. The number of nitrogens with zero attached hydrogens (tertiary/aromatic N) is 2. The molecule has 0 atom stereocenters. The van der Waals surface area contributed by atoms with E-state index in [1.54, 1.807) is 4.90 Å². The lowest BCUT2D eigenvalue weighted by atomic mass is 9.66. The summed E-state index contributed by atoms with van der Waals surface area (Å²) >= 11 is 6.31. The molecule has 8 nitrogen and oxygen atoms in total. The molecular formula is C24H24ClN3O5. The number of benzene rings is 2. The third-order valence-electron chi connectivity index (χ3n) is 6.50. The van der Waals surface area contributed by atoms with Gasteiger partial charge in [-0.15, -0.1) is 0 Å². The number of nitrogens with one attached hydrogen (secondary N) is 1. The second-order valence-corrected chi connectivity index (χ2v) is 9.13. The van der Waals surface area contributed by atoms with Crippen molar-refractivity contribution in [2.75, 3.05) is 20.1 Å². The van der Waals surface area contributed by atoms with Gasteiger partial charge in [0.25, 0.3) is 5.91 Å². The first-order valence-corrected chi connectivity index (χ1v) is 11.3. The Morgan fingerprint density at radius 1 is 1.24 bits per heavy atom. The van der Waals surface area contributed by atoms with Gasteiger partial charge in [0, 0.05) is 42.0 Å². The van der Waals surface area contributed by atoms with Crippen LogP contribution in [0.15, 0.2) is 47.0 Å². The van der Waals surface area contributed by atoms with Crippen LogP contribution in [0.2, 0.25) is 5.02 Å². The molecule has 1 spiro atoms. The maximum Gasteiger partial charge on any atom is 0.410 e. The first kappa shape index (κ1) is 21.6. The topological polar surface area (TPSA) is 93.9 Å². The highest BCUT2D eigenvalue weighted by Crippen LogP contribution is 2.50. The van der Waals surface area contributed by atoms with Crippen molar-refractivity contribution in [3.63, 3.8) is 0 Å². The van der Waals surface area contributed by atoms with E-state index in [0.29, 0.717) is 23.9 Å². The first-order chi connectivity index (χ1) is 16.0. The SMILES string of the molecule is CNC(=O)c1cc(COC(=O)N2CCC3(CC(Oc4ccc(Cl)c5ccccc45)C3)C2)on1. The predicted octanol–water partition coefficient (Wildman–Crippen LogP) is 4.41. The number of amides is 2. The Bertz CT molecular complexity index is 1200. The van der Waals surface area contributed by atoms with Crippen molar-refractivity contribution in [2.45, 2.75) is 32.0 Å². The van der Waals surface area contributed by atoms with Gasteiger partial charge in [-0.1, -0.05) is 41.0 Å². The Balaban J connectivity index is 1.13. The largest absolute Gasteiger partial charge is 0.490 e. The number of aromatic nitrogens is 1. The molecule has 0 unspecified atom stereocenters. The zero-order valence-electron chi connectivity index (χ0n) is 18.2. The zero-order chi connectivity index (χ0) is 23.0. The summed E-state index contributed by atoms with van der Waals surface area (Å²) in [6, 6.07) is 13.2. The monoisotopic (exact) mass is 469 g/mol. The zero-order valence-corrected chi connectivity index (χ0v) is 18.9. The number of hydrogen-bond donors (Lipinski definition) is 1. The lowest BCUT2D eigenvalue weighted by Crippen LogP contribution is -2.46. The maximum absolute atomic E-state index is 12.5. The molecule has 2 fully saturated rings. The van der Waals surface area contributed by atoms with Crippen LogP contribution >= 0.6 is 11.6 Å². The van der Waals surface area contributed by atoms with Crippen molar-refractivity contribution in [3.8, 4) is 5.75 Å². The normalized spacial score (nSPS) is 21.8. The Hall–Kier alpha value is -3.26. The molecule has 2 aromatic carbocycles. The molecule has 1 saturated carbocycles. The predicted molar refractivity (Wildman–Crippen MR) is 121 cm³/mol. The summed E-state index contributed by atoms with van der Waals surface area (Å²) in [6.45, 7) is 1.23. The molecule has 1 aliphatic heterocycles. The summed E-state index contributed by atoms with van der Waals surface area (Å²) < 4.78 is 16.7. The number of halogens is 1. The molecule has 0 bridgehead atoms. The van der Waals surface area contributed by atoms with Gasteiger partial charge in [0.1, 0.15) is 5.75 Å². The molecule has 3 aromatic rings. The fraction of sp³-hybridized carbons (Fsp3) is 0.375. The van der Waals surface area contributed by atoms with Crippen LogP contribution in [0.5, 0.6) is 5.75 Å². The minimum absolute atomic E-state index is 0.0678. The van der Waals surface area contributed by atoms with Crippen molar-refractivity contribution >= 4 is 34.4 Å². The van der Waals surface area contributed by atoms with E-state index in [1.165, 1.54) is 13.1 Å². The van der Waals surface area contributed by atoms with Crippen LogP contribution < -0.4 is 10.1 Å². The molecule has 9 heteroatoms. The average molecular weight is 470 g/mol. The number of rotatable bonds is 5. The second-order valence-electron chi connectivity index (χ2n) is 8.72. The summed E-state index contributed by atoms with van der Waals surface area (Å²) in [4.78, 5) is 25.8. The Morgan fingerprint density at radius 3 is 2.82 bits per heavy atom. The highest BCUT2D eigenvalue weighted by atomic mass is 35.5. The molecule has 2 aliphatic rings. The average Bonchev–Trinajstić information content (AvgIpc) is 3.47. The van der Waals surface area contributed by atoms with Crippen LogP contribution in [0.25, 0.3) is 10.8 Å². The van der Waals surface area contributed by atoms with Crippen LogP contribution in [0.4, 0.5) is 4.79 Å². The molecule has 1 aromatic heterocycles. The van der Waals surface area contributed by atoms with E-state index < -0.39 is 6.09 Å². The number of fused-ring (bicyclic) bond motifs is 1. The number of carbonyl (C=O) groups is 2. The van der Waals surface area contributed by atoms with Gasteiger partial charge in [0.2, 0.25) is 0 Å². The third kappa shape index (κ3) is 4.23. The minimum Gasteiger partial charge on any atom is -0.490 e. The van der Waals surface area contributed by atoms with E-state index in [2.05, 4.69) is 10.5 Å². The lowest BCUT2D eigenvalue weighted by molar-refractivity contribution is -0.00795. The summed E-state index contributed by atoms with van der Waals surface area (Å²) in [7, 11) is 1.51. The van der Waals surface area contributed by atoms with E-state index in [-0.39, 0.29) is 29.7 Å². The van der Waals surface area contributed by atoms with Gasteiger partial charge in [0.05, 0.1) is 6.10 Å². The van der Waals surface area contributed by atoms with Crippen LogP contribution in [0.1, 0.15) is 35.5 Å². The van der Waals surface area contributed by atoms with Crippen LogP contribution in [0.3, 0.4) is 0 Å². The smallest absolute Gasteiger partial charge is 0.410 e. The van der Waals surface area contributed by atoms with Crippen molar-refractivity contribution in [1.29, 1.82) is 0 Å². The standard InChI is InChI=1S/C24H24ClN3O5/c1-26-22(29)20-10-15(33-27-20)13-31-23(30)28-9-8-24(14-28)11-16(12-24)32-21-7-6-19(25)17-4-2-3-5-18(17)21/h2-7,10,16H,8-9,11-14H2,1H3,(H,26,29). The third-order valence-corrected chi connectivity index (χ3v) is 6.83. The summed E-state index contributed by atoms with van der Waals surface area (Å²) in [5.41, 5.74) is 0.225. The molecule has 2 heterocycles. The van der Waals surface area contributed by atoms with Gasteiger partial charge in [-0.3, -0.25) is 4.79 Å². The molecule has 1 aliphatic carbocycles. The number of carbonyl (C=O) groups excluding carboxylic acids is 2. The summed E-state index contributed by atoms with van der Waals surface area (Å²) in [5, 5.41) is 8.82. The molecule has 1 saturated heterocycles. The van der Waals surface area contributed by atoms with E-state index in [0.717, 1.165) is 35.8 Å². The van der Waals surface area contributed by atoms with E-state index in [1.807, 2.05) is 36.4 Å². The highest BCUT2D eigenvalue weighted by molar-refractivity contribution is 6.35. The van der Waals surface area contributed by atoms with Gasteiger partial charge in [0.15, 0.2) is 18.1 Å². The van der Waals surface area contributed by atoms with Crippen molar-refractivity contribution in [3.05, 3.63) is 58.9 Å². The highest BCUT2D eigenvalue weighted by Gasteiger charge is 2.51. The quantitative estimate of drug-likeness (QED) is 0.594. The molecule has 5 rings (SSSR count). The molecule has 172 valence electrons. The summed E-state index contributed by atoms with van der Waals surface area (Å²) in [6.07, 6.45) is 2.43. The Kier molecular flexibility index (Phi) is 5.62. The van der Waals surface area contributed by atoms with Gasteiger partial charge in [-0.2, -0.15) is 0 Å². The fourth-order valence-corrected chi connectivity index (χ4v) is 5.00. The van der Waals surface area contributed by atoms with Gasteiger partial charge < -0.3 is 24.2 Å². The first-order valence-electron chi connectivity index (χ1n) is 10.9.